The summed E-state index contributed by atoms with van der Waals surface area (Å²) in [7, 11) is 0. The van der Waals surface area contributed by atoms with E-state index < -0.39 is 0 Å². The van der Waals surface area contributed by atoms with E-state index in [1.807, 2.05) is 6.08 Å². The lowest BCUT2D eigenvalue weighted by Gasteiger charge is -2.26. The highest BCUT2D eigenvalue weighted by Crippen LogP contribution is 2.08. The largest absolute Gasteiger partial charge is 0.370 e. The Kier molecular flexibility index (Phi) is 3.31. The fourth-order valence-corrected chi connectivity index (χ4v) is 1.26. The highest BCUT2D eigenvalue weighted by molar-refractivity contribution is 5.75. The van der Waals surface area contributed by atoms with E-state index in [4.69, 9.17) is 11.1 Å². The molecule has 1 amide bonds. The zero-order valence-corrected chi connectivity index (χ0v) is 7.42. The van der Waals surface area contributed by atoms with Gasteiger partial charge in [-0.1, -0.05) is 11.6 Å². The average Bonchev–Trinajstić information content (AvgIpc) is 2.15. The highest BCUT2D eigenvalue weighted by atomic mass is 16.1. The summed E-state index contributed by atoms with van der Waals surface area (Å²) in [4.78, 5) is 11.8. The first-order chi connectivity index (χ1) is 6.24. The van der Waals surface area contributed by atoms with Gasteiger partial charge in [0.25, 0.3) is 0 Å². The van der Waals surface area contributed by atoms with E-state index in [-0.39, 0.29) is 5.96 Å². The standard InChI is InChI=1S/C8H14N4O/c9-8(10)12-3-1-7(2-4-12)5-11-6-13/h1,6H,2-5H2,(H3,9,10)(H,11,13). The van der Waals surface area contributed by atoms with Crippen molar-refractivity contribution in [2.24, 2.45) is 5.73 Å². The second-order valence-corrected chi connectivity index (χ2v) is 2.94. The summed E-state index contributed by atoms with van der Waals surface area (Å²) in [5, 5.41) is 9.81. The third kappa shape index (κ3) is 2.77. The number of nitrogens with zero attached hydrogens (tertiary/aromatic N) is 1. The maximum Gasteiger partial charge on any atom is 0.207 e. The molecule has 0 spiro atoms. The summed E-state index contributed by atoms with van der Waals surface area (Å²) in [6, 6.07) is 0. The van der Waals surface area contributed by atoms with Crippen molar-refractivity contribution in [2.75, 3.05) is 19.6 Å². The minimum absolute atomic E-state index is 0.110. The monoisotopic (exact) mass is 182 g/mol. The van der Waals surface area contributed by atoms with Crippen LogP contribution in [0.4, 0.5) is 0 Å². The van der Waals surface area contributed by atoms with Crippen molar-refractivity contribution in [1.29, 1.82) is 5.41 Å². The molecule has 0 bridgehead atoms. The summed E-state index contributed by atoms with van der Waals surface area (Å²) >= 11 is 0. The van der Waals surface area contributed by atoms with Gasteiger partial charge < -0.3 is 16.0 Å². The van der Waals surface area contributed by atoms with Gasteiger partial charge in [-0.15, -0.1) is 0 Å². The second-order valence-electron chi connectivity index (χ2n) is 2.94. The molecule has 0 atom stereocenters. The molecule has 1 aliphatic rings. The van der Waals surface area contributed by atoms with E-state index in [0.29, 0.717) is 19.5 Å². The lowest BCUT2D eigenvalue weighted by atomic mass is 10.1. The first-order valence-electron chi connectivity index (χ1n) is 4.18. The van der Waals surface area contributed by atoms with Crippen molar-refractivity contribution in [3.8, 4) is 0 Å². The Balaban J connectivity index is 2.38. The minimum Gasteiger partial charge on any atom is -0.370 e. The smallest absolute Gasteiger partial charge is 0.207 e. The Hall–Kier alpha value is -1.52. The number of hydrogen-bond donors (Lipinski definition) is 3. The van der Waals surface area contributed by atoms with Gasteiger partial charge in [0.15, 0.2) is 5.96 Å². The van der Waals surface area contributed by atoms with E-state index in [9.17, 15) is 4.79 Å². The number of guanidine groups is 1. The van der Waals surface area contributed by atoms with Crippen molar-refractivity contribution in [3.05, 3.63) is 11.6 Å². The van der Waals surface area contributed by atoms with Crippen molar-refractivity contribution >= 4 is 12.4 Å². The minimum atomic E-state index is 0.110. The molecule has 0 radical (unpaired) electrons. The first-order valence-corrected chi connectivity index (χ1v) is 4.18. The summed E-state index contributed by atoms with van der Waals surface area (Å²) in [5.41, 5.74) is 6.52. The van der Waals surface area contributed by atoms with Gasteiger partial charge in [0, 0.05) is 19.6 Å². The molecule has 0 aromatic carbocycles. The highest BCUT2D eigenvalue weighted by Gasteiger charge is 2.11. The van der Waals surface area contributed by atoms with Gasteiger partial charge in [0.05, 0.1) is 0 Å². The number of nitrogens with two attached hydrogens (primary N) is 1. The lowest BCUT2D eigenvalue weighted by Crippen LogP contribution is -2.40. The van der Waals surface area contributed by atoms with Crippen LogP contribution >= 0.6 is 0 Å². The zero-order valence-electron chi connectivity index (χ0n) is 7.42. The molecular weight excluding hydrogens is 168 g/mol. The number of amides is 1. The molecule has 1 rings (SSSR count). The molecule has 13 heavy (non-hydrogen) atoms. The molecule has 72 valence electrons. The second kappa shape index (κ2) is 4.49. The van der Waals surface area contributed by atoms with Gasteiger partial charge in [-0.2, -0.15) is 0 Å². The topological polar surface area (TPSA) is 82.2 Å². The molecule has 0 unspecified atom stereocenters. The van der Waals surface area contributed by atoms with Crippen molar-refractivity contribution in [2.45, 2.75) is 6.42 Å². The van der Waals surface area contributed by atoms with Crippen LogP contribution in [-0.4, -0.2) is 36.9 Å². The summed E-state index contributed by atoms with van der Waals surface area (Å²) in [6.45, 7) is 2.04. The molecule has 0 saturated heterocycles. The number of hydrogen-bond acceptors (Lipinski definition) is 2. The van der Waals surface area contributed by atoms with Gasteiger partial charge >= 0.3 is 0 Å². The van der Waals surface area contributed by atoms with E-state index in [2.05, 4.69) is 5.32 Å². The molecule has 1 aliphatic heterocycles. The third-order valence-corrected chi connectivity index (χ3v) is 2.06. The Bertz CT molecular complexity index is 236. The summed E-state index contributed by atoms with van der Waals surface area (Å²) in [6.07, 6.45) is 3.56. The molecule has 0 fully saturated rings. The summed E-state index contributed by atoms with van der Waals surface area (Å²) in [5.74, 6) is 0.110. The lowest BCUT2D eigenvalue weighted by molar-refractivity contribution is -0.109. The fourth-order valence-electron chi connectivity index (χ4n) is 1.26. The van der Waals surface area contributed by atoms with Crippen LogP contribution in [0.3, 0.4) is 0 Å². The number of nitrogens with one attached hydrogen (secondary N) is 2. The fraction of sp³-hybridized carbons (Fsp3) is 0.500. The average molecular weight is 182 g/mol. The molecule has 0 saturated carbocycles. The van der Waals surface area contributed by atoms with Crippen LogP contribution < -0.4 is 11.1 Å². The SMILES string of the molecule is N=C(N)N1CC=C(CNC=O)CC1. The Morgan fingerprint density at radius 2 is 2.62 bits per heavy atom. The number of carbonyl (C=O) groups is 1. The van der Waals surface area contributed by atoms with Crippen LogP contribution in [0.1, 0.15) is 6.42 Å². The number of rotatable bonds is 3. The van der Waals surface area contributed by atoms with E-state index in [0.717, 1.165) is 13.0 Å². The Morgan fingerprint density at radius 1 is 1.85 bits per heavy atom. The maximum absolute atomic E-state index is 10.0. The quantitative estimate of drug-likeness (QED) is 0.233. The maximum atomic E-state index is 10.0. The van der Waals surface area contributed by atoms with Crippen LogP contribution in [0.15, 0.2) is 11.6 Å². The van der Waals surface area contributed by atoms with E-state index in [1.54, 1.807) is 4.90 Å². The molecule has 0 aromatic rings. The van der Waals surface area contributed by atoms with Crippen LogP contribution in [0.2, 0.25) is 0 Å². The van der Waals surface area contributed by atoms with Gasteiger partial charge in [0.1, 0.15) is 0 Å². The van der Waals surface area contributed by atoms with Gasteiger partial charge in [-0.25, -0.2) is 0 Å². The predicted molar refractivity (Wildman–Crippen MR) is 50.3 cm³/mol. The van der Waals surface area contributed by atoms with Crippen molar-refractivity contribution in [1.82, 2.24) is 10.2 Å². The molecule has 4 N–H and O–H groups in total. The number of carbonyl (C=O) groups excluding carboxylic acids is 1. The normalized spacial score (nSPS) is 16.3. The molecule has 5 heteroatoms. The van der Waals surface area contributed by atoms with Crippen LogP contribution in [0.25, 0.3) is 0 Å². The Morgan fingerprint density at radius 3 is 3.08 bits per heavy atom. The van der Waals surface area contributed by atoms with Gasteiger partial charge in [0.2, 0.25) is 6.41 Å². The van der Waals surface area contributed by atoms with Gasteiger partial charge in [-0.3, -0.25) is 10.2 Å². The van der Waals surface area contributed by atoms with Crippen LogP contribution in [0, 0.1) is 5.41 Å². The molecular formula is C8H14N4O. The molecule has 5 nitrogen and oxygen atoms in total. The molecule has 1 heterocycles. The van der Waals surface area contributed by atoms with Crippen molar-refractivity contribution in [3.63, 3.8) is 0 Å². The van der Waals surface area contributed by atoms with Crippen molar-refractivity contribution < 1.29 is 4.79 Å². The van der Waals surface area contributed by atoms with Gasteiger partial charge in [-0.05, 0) is 6.42 Å². The van der Waals surface area contributed by atoms with Crippen LogP contribution in [-0.2, 0) is 4.79 Å². The molecule has 0 aliphatic carbocycles. The Labute approximate surface area is 77.1 Å². The van der Waals surface area contributed by atoms with E-state index >= 15 is 0 Å². The molecule has 0 aromatic heterocycles. The van der Waals surface area contributed by atoms with Crippen LogP contribution in [0.5, 0.6) is 0 Å². The third-order valence-electron chi connectivity index (χ3n) is 2.06. The van der Waals surface area contributed by atoms with E-state index in [1.165, 1.54) is 5.57 Å². The zero-order chi connectivity index (χ0) is 9.68. The summed E-state index contributed by atoms with van der Waals surface area (Å²) < 4.78 is 0. The first kappa shape index (κ1) is 9.57. The predicted octanol–water partition coefficient (Wildman–Crippen LogP) is -0.742.